The Kier molecular flexibility index (Phi) is 7.86. The number of rotatable bonds is 6. The highest BCUT2D eigenvalue weighted by molar-refractivity contribution is 7.86. The molecule has 9 heteroatoms. The molecule has 7 nitrogen and oxygen atoms in total. The summed E-state index contributed by atoms with van der Waals surface area (Å²) >= 11 is 6.23. The van der Waals surface area contributed by atoms with Gasteiger partial charge in [-0.05, 0) is 61.9 Å². The van der Waals surface area contributed by atoms with Gasteiger partial charge in [-0.15, -0.1) is 0 Å². The number of amides is 1. The lowest BCUT2D eigenvalue weighted by Crippen LogP contribution is -2.74. The highest BCUT2D eigenvalue weighted by Crippen LogP contribution is 2.59. The minimum Gasteiger partial charge on any atom is -0.489 e. The van der Waals surface area contributed by atoms with E-state index in [0.717, 1.165) is 11.1 Å². The molecule has 1 unspecified atom stereocenters. The summed E-state index contributed by atoms with van der Waals surface area (Å²) in [6.45, 7) is 12.3. The number of fused-ring (bicyclic) bond motifs is 1. The largest absolute Gasteiger partial charge is 0.489 e. The summed E-state index contributed by atoms with van der Waals surface area (Å²) in [5.41, 5.74) is 2.76. The van der Waals surface area contributed by atoms with Crippen molar-refractivity contribution in [2.45, 2.75) is 71.2 Å². The summed E-state index contributed by atoms with van der Waals surface area (Å²) in [6.07, 6.45) is -1.07. The molecule has 222 valence electrons. The van der Waals surface area contributed by atoms with Gasteiger partial charge in [0, 0.05) is 40.6 Å². The van der Waals surface area contributed by atoms with E-state index in [1.807, 2.05) is 17.9 Å². The molecule has 3 aromatic rings. The van der Waals surface area contributed by atoms with Crippen molar-refractivity contribution >= 4 is 27.6 Å². The molecule has 1 atom stereocenters. The summed E-state index contributed by atoms with van der Waals surface area (Å²) in [5, 5.41) is 9.52. The Bertz CT molecular complexity index is 1800. The first-order valence-corrected chi connectivity index (χ1v) is 15.8. The van der Waals surface area contributed by atoms with Crippen LogP contribution in [0.15, 0.2) is 65.6 Å². The van der Waals surface area contributed by atoms with E-state index in [2.05, 4.69) is 45.6 Å². The molecule has 1 amide bonds. The number of nitriles is 1. The van der Waals surface area contributed by atoms with Gasteiger partial charge in [0.25, 0.3) is 16.0 Å². The second kappa shape index (κ2) is 11.0. The van der Waals surface area contributed by atoms with Crippen LogP contribution < -0.4 is 4.74 Å². The summed E-state index contributed by atoms with van der Waals surface area (Å²) < 4.78 is 36.9. The van der Waals surface area contributed by atoms with Gasteiger partial charge in [0.15, 0.2) is 0 Å². The molecule has 1 saturated carbocycles. The predicted octanol–water partition coefficient (Wildman–Crippen LogP) is 6.50. The molecule has 0 spiro atoms. The Balaban J connectivity index is 1.29. The molecule has 1 aliphatic carbocycles. The number of halogens is 1. The Morgan fingerprint density at radius 2 is 1.70 bits per heavy atom. The third-order valence-corrected chi connectivity index (χ3v) is 10.0. The van der Waals surface area contributed by atoms with Gasteiger partial charge in [0.05, 0.1) is 15.5 Å². The maximum atomic E-state index is 13.6. The molecule has 3 aromatic carbocycles. The Hall–Kier alpha value is -3.82. The monoisotopic (exact) mass is 616 g/mol. The number of carbonyl (C=O) groups excluding carboxylic acids is 1. The lowest BCUT2D eigenvalue weighted by molar-refractivity contribution is -0.199. The van der Waals surface area contributed by atoms with E-state index in [-0.39, 0.29) is 33.8 Å². The number of aryl methyl sites for hydroxylation is 1. The molecular formula is C34H33ClN2O5S. The van der Waals surface area contributed by atoms with Gasteiger partial charge in [-0.1, -0.05) is 68.8 Å². The highest BCUT2D eigenvalue weighted by atomic mass is 35.5. The first-order chi connectivity index (χ1) is 20.1. The molecule has 1 heterocycles. The van der Waals surface area contributed by atoms with E-state index in [1.165, 1.54) is 12.1 Å². The van der Waals surface area contributed by atoms with Crippen LogP contribution >= 0.6 is 11.6 Å². The molecule has 2 aliphatic rings. The van der Waals surface area contributed by atoms with Crippen LogP contribution in [0.3, 0.4) is 0 Å². The zero-order chi connectivity index (χ0) is 31.3. The van der Waals surface area contributed by atoms with E-state index >= 15 is 0 Å². The molecule has 0 aromatic heterocycles. The van der Waals surface area contributed by atoms with E-state index in [9.17, 15) is 18.5 Å². The van der Waals surface area contributed by atoms with E-state index in [0.29, 0.717) is 34.0 Å². The fourth-order valence-electron chi connectivity index (χ4n) is 6.80. The van der Waals surface area contributed by atoms with Crippen LogP contribution in [0.5, 0.6) is 5.75 Å². The van der Waals surface area contributed by atoms with Crippen molar-refractivity contribution < 1.29 is 22.1 Å². The second-order valence-electron chi connectivity index (χ2n) is 12.4. The molecule has 1 fully saturated rings. The van der Waals surface area contributed by atoms with Gasteiger partial charge in [0.2, 0.25) is 0 Å². The summed E-state index contributed by atoms with van der Waals surface area (Å²) in [4.78, 5) is 15.6. The number of benzene rings is 3. The Labute approximate surface area is 258 Å². The van der Waals surface area contributed by atoms with Crippen molar-refractivity contribution in [2.75, 3.05) is 0 Å². The lowest BCUT2D eigenvalue weighted by atomic mass is 9.49. The number of hydrogen-bond donors (Lipinski definition) is 0. The summed E-state index contributed by atoms with van der Waals surface area (Å²) in [5.74, 6) is 6.41. The number of ether oxygens (including phenoxy) is 1. The third kappa shape index (κ3) is 5.63. The van der Waals surface area contributed by atoms with Crippen LogP contribution in [0.1, 0.15) is 67.2 Å². The van der Waals surface area contributed by atoms with Crippen LogP contribution in [-0.2, 0) is 20.8 Å². The number of hydrogen-bond acceptors (Lipinski definition) is 6. The highest BCUT2D eigenvalue weighted by Gasteiger charge is 2.67. The van der Waals surface area contributed by atoms with Crippen molar-refractivity contribution in [2.24, 2.45) is 10.8 Å². The maximum Gasteiger partial charge on any atom is 0.298 e. The van der Waals surface area contributed by atoms with Crippen molar-refractivity contribution in [3.8, 4) is 23.7 Å². The summed E-state index contributed by atoms with van der Waals surface area (Å²) in [7, 11) is -3.95. The number of nitrogens with zero attached hydrogens (tertiary/aromatic N) is 2. The fraction of sp³-hybridized carbons (Fsp3) is 0.353. The SMILES string of the molecule is Cc1ccc(S(=O)(=O)OC(C)C#Cc2ccc3c(c2)CN(C2C(C)(C)C(Oc4ccc(C#N)c(Cl)c4)C2(C)C)C3=O)cc1. The third-order valence-electron chi connectivity index (χ3n) is 8.33. The van der Waals surface area contributed by atoms with E-state index < -0.39 is 16.2 Å². The van der Waals surface area contributed by atoms with Gasteiger partial charge in [-0.2, -0.15) is 13.7 Å². The van der Waals surface area contributed by atoms with E-state index in [4.69, 9.17) is 20.5 Å². The topological polar surface area (TPSA) is 96.7 Å². The predicted molar refractivity (Wildman–Crippen MR) is 164 cm³/mol. The lowest BCUT2D eigenvalue weighted by Gasteiger charge is -2.65. The standard InChI is InChI=1S/C34H33ClN2O5S/c1-21-7-14-27(15-8-21)43(39,40)42-22(2)9-10-23-11-16-28-25(17-23)20-37(30(28)38)31-33(3,4)32(34(31,5)6)41-26-13-12-24(19-36)29(35)18-26/h7-8,11-18,22,31-32H,20H2,1-6H3. The number of carbonyl (C=O) groups is 1. The van der Waals surface area contributed by atoms with Crippen molar-refractivity contribution in [1.29, 1.82) is 5.26 Å². The van der Waals surface area contributed by atoms with Gasteiger partial charge in [0.1, 0.15) is 24.0 Å². The maximum absolute atomic E-state index is 13.6. The van der Waals surface area contributed by atoms with Crippen molar-refractivity contribution in [3.63, 3.8) is 0 Å². The van der Waals surface area contributed by atoms with Crippen LogP contribution in [0.25, 0.3) is 0 Å². The van der Waals surface area contributed by atoms with Gasteiger partial charge < -0.3 is 9.64 Å². The Morgan fingerprint density at radius 1 is 1.02 bits per heavy atom. The quantitative estimate of drug-likeness (QED) is 0.232. The average molecular weight is 617 g/mol. The minimum atomic E-state index is -3.95. The van der Waals surface area contributed by atoms with Crippen LogP contribution in [-0.4, -0.2) is 37.5 Å². The average Bonchev–Trinajstić information content (AvgIpc) is 3.24. The molecule has 43 heavy (non-hydrogen) atoms. The van der Waals surface area contributed by atoms with Gasteiger partial charge in [-0.3, -0.25) is 8.98 Å². The zero-order valence-electron chi connectivity index (χ0n) is 24.9. The minimum absolute atomic E-state index is 0.0404. The van der Waals surface area contributed by atoms with Crippen molar-refractivity contribution in [3.05, 3.63) is 93.5 Å². The smallest absolute Gasteiger partial charge is 0.298 e. The molecule has 0 saturated heterocycles. The van der Waals surface area contributed by atoms with E-state index in [1.54, 1.807) is 49.4 Å². The Morgan fingerprint density at radius 3 is 2.33 bits per heavy atom. The molecule has 0 radical (unpaired) electrons. The van der Waals surface area contributed by atoms with Crippen LogP contribution in [0.2, 0.25) is 5.02 Å². The van der Waals surface area contributed by atoms with Crippen LogP contribution in [0, 0.1) is 40.9 Å². The van der Waals surface area contributed by atoms with Gasteiger partial charge in [-0.25, -0.2) is 0 Å². The molecule has 1 aliphatic heterocycles. The van der Waals surface area contributed by atoms with Crippen molar-refractivity contribution in [1.82, 2.24) is 4.90 Å². The normalized spacial score (nSPS) is 20.7. The summed E-state index contributed by atoms with van der Waals surface area (Å²) in [6, 6.07) is 18.9. The molecule has 0 N–H and O–H groups in total. The van der Waals surface area contributed by atoms with Crippen LogP contribution in [0.4, 0.5) is 0 Å². The molecule has 0 bridgehead atoms. The fourth-order valence-corrected chi connectivity index (χ4v) is 8.02. The molecular weight excluding hydrogens is 584 g/mol. The second-order valence-corrected chi connectivity index (χ2v) is 14.4. The first kappa shape index (κ1) is 30.6. The molecule has 5 rings (SSSR count). The van der Waals surface area contributed by atoms with Gasteiger partial charge >= 0.3 is 0 Å². The first-order valence-electron chi connectivity index (χ1n) is 14.0. The zero-order valence-corrected chi connectivity index (χ0v) is 26.5.